The van der Waals surface area contributed by atoms with Crippen molar-refractivity contribution in [3.63, 3.8) is 0 Å². The van der Waals surface area contributed by atoms with Gasteiger partial charge in [0.05, 0.1) is 0 Å². The van der Waals surface area contributed by atoms with E-state index in [1.165, 1.54) is 6.42 Å². The molecule has 4 heteroatoms. The van der Waals surface area contributed by atoms with Crippen molar-refractivity contribution in [2.24, 2.45) is 0 Å². The second-order valence-corrected chi connectivity index (χ2v) is 6.04. The Labute approximate surface area is 130 Å². The molecule has 0 aliphatic carbocycles. The molecule has 0 bridgehead atoms. The second-order valence-electron chi connectivity index (χ2n) is 4.72. The van der Waals surface area contributed by atoms with Gasteiger partial charge in [-0.15, -0.1) is 0 Å². The zero-order chi connectivity index (χ0) is 14.3. The van der Waals surface area contributed by atoms with Crippen LogP contribution in [-0.2, 0) is 0 Å². The highest BCUT2D eigenvalue weighted by Crippen LogP contribution is 2.26. The van der Waals surface area contributed by atoms with Crippen LogP contribution in [0.5, 0.6) is 0 Å². The lowest BCUT2D eigenvalue weighted by Crippen LogP contribution is -2.28. The Morgan fingerprint density at radius 3 is 2.58 bits per heavy atom. The van der Waals surface area contributed by atoms with Crippen molar-refractivity contribution in [1.29, 1.82) is 0 Å². The molecule has 1 rings (SSSR count). The molecule has 19 heavy (non-hydrogen) atoms. The minimum atomic E-state index is 0.289. The summed E-state index contributed by atoms with van der Waals surface area (Å²) in [7, 11) is 0. The number of nitrogens with one attached hydrogen (secondary N) is 1. The fraction of sp³-hybridized carbons (Fsp3) is 0.600. The SMILES string of the molecule is CCN(CC)CCCNC(C)c1ccc(Br)cc1Cl. The predicted molar refractivity (Wildman–Crippen MR) is 88.0 cm³/mol. The molecule has 108 valence electrons. The second kappa shape index (κ2) is 8.96. The third kappa shape index (κ3) is 5.82. The summed E-state index contributed by atoms with van der Waals surface area (Å²) in [5.41, 5.74) is 1.16. The van der Waals surface area contributed by atoms with Crippen molar-refractivity contribution in [1.82, 2.24) is 10.2 Å². The maximum Gasteiger partial charge on any atom is 0.0464 e. The minimum Gasteiger partial charge on any atom is -0.310 e. The summed E-state index contributed by atoms with van der Waals surface area (Å²) in [6, 6.07) is 6.35. The van der Waals surface area contributed by atoms with Crippen LogP contribution in [0.25, 0.3) is 0 Å². The Morgan fingerprint density at radius 1 is 1.32 bits per heavy atom. The maximum atomic E-state index is 6.25. The number of halogens is 2. The molecule has 0 radical (unpaired) electrons. The first-order chi connectivity index (χ1) is 9.08. The highest BCUT2D eigenvalue weighted by atomic mass is 79.9. The molecule has 1 atom stereocenters. The third-order valence-corrected chi connectivity index (χ3v) is 4.25. The van der Waals surface area contributed by atoms with E-state index in [1.54, 1.807) is 0 Å². The fourth-order valence-corrected chi connectivity index (χ4v) is 2.96. The molecular weight excluding hydrogens is 324 g/mol. The minimum absolute atomic E-state index is 0.289. The summed E-state index contributed by atoms with van der Waals surface area (Å²) < 4.78 is 1.02. The number of hydrogen-bond donors (Lipinski definition) is 1. The van der Waals surface area contributed by atoms with Gasteiger partial charge in [-0.3, -0.25) is 0 Å². The lowest BCUT2D eigenvalue weighted by atomic mass is 10.1. The highest BCUT2D eigenvalue weighted by molar-refractivity contribution is 9.10. The molecule has 0 saturated carbocycles. The first kappa shape index (κ1) is 17.0. The van der Waals surface area contributed by atoms with E-state index in [-0.39, 0.29) is 6.04 Å². The zero-order valence-corrected chi connectivity index (χ0v) is 14.4. The molecule has 0 fully saturated rings. The van der Waals surface area contributed by atoms with Gasteiger partial charge in [0.2, 0.25) is 0 Å². The Bertz CT molecular complexity index is 380. The van der Waals surface area contributed by atoms with Crippen LogP contribution in [0.2, 0.25) is 5.02 Å². The Morgan fingerprint density at radius 2 is 2.00 bits per heavy atom. The van der Waals surface area contributed by atoms with Gasteiger partial charge in [-0.2, -0.15) is 0 Å². The summed E-state index contributed by atoms with van der Waals surface area (Å²) >= 11 is 9.68. The molecule has 1 aromatic rings. The summed E-state index contributed by atoms with van der Waals surface area (Å²) in [6.07, 6.45) is 1.17. The summed E-state index contributed by atoms with van der Waals surface area (Å²) in [4.78, 5) is 2.44. The molecule has 0 amide bonds. The monoisotopic (exact) mass is 346 g/mol. The quantitative estimate of drug-likeness (QED) is 0.697. The van der Waals surface area contributed by atoms with Crippen LogP contribution in [0.15, 0.2) is 22.7 Å². The highest BCUT2D eigenvalue weighted by Gasteiger charge is 2.09. The van der Waals surface area contributed by atoms with Gasteiger partial charge in [0.1, 0.15) is 0 Å². The van der Waals surface area contributed by atoms with E-state index in [4.69, 9.17) is 11.6 Å². The van der Waals surface area contributed by atoms with Crippen molar-refractivity contribution in [2.75, 3.05) is 26.2 Å². The van der Waals surface area contributed by atoms with Crippen molar-refractivity contribution in [3.8, 4) is 0 Å². The normalized spacial score (nSPS) is 12.9. The van der Waals surface area contributed by atoms with Crippen molar-refractivity contribution in [3.05, 3.63) is 33.3 Å². The fourth-order valence-electron chi connectivity index (χ4n) is 2.12. The van der Waals surface area contributed by atoms with Crippen LogP contribution < -0.4 is 5.32 Å². The molecule has 0 aliphatic heterocycles. The summed E-state index contributed by atoms with van der Waals surface area (Å²) in [6.45, 7) is 11.0. The zero-order valence-electron chi connectivity index (χ0n) is 12.0. The van der Waals surface area contributed by atoms with Gasteiger partial charge in [-0.1, -0.05) is 47.4 Å². The average molecular weight is 348 g/mol. The van der Waals surface area contributed by atoms with E-state index in [0.29, 0.717) is 0 Å². The van der Waals surface area contributed by atoms with Gasteiger partial charge in [0, 0.05) is 15.5 Å². The maximum absolute atomic E-state index is 6.25. The summed E-state index contributed by atoms with van der Waals surface area (Å²) in [5.74, 6) is 0. The Kier molecular flexibility index (Phi) is 8.00. The van der Waals surface area contributed by atoms with E-state index < -0.39 is 0 Å². The van der Waals surface area contributed by atoms with Crippen LogP contribution >= 0.6 is 27.5 Å². The van der Waals surface area contributed by atoms with Gasteiger partial charge in [-0.05, 0) is 57.2 Å². The molecule has 0 aromatic heterocycles. The number of hydrogen-bond acceptors (Lipinski definition) is 2. The molecule has 0 saturated heterocycles. The first-order valence-corrected chi connectivity index (χ1v) is 8.16. The molecule has 1 N–H and O–H groups in total. The Hall–Kier alpha value is -0.0900. The number of nitrogens with zero attached hydrogens (tertiary/aromatic N) is 1. The van der Waals surface area contributed by atoms with Gasteiger partial charge < -0.3 is 10.2 Å². The van der Waals surface area contributed by atoms with Gasteiger partial charge in [0.15, 0.2) is 0 Å². The van der Waals surface area contributed by atoms with Crippen LogP contribution in [0.1, 0.15) is 38.8 Å². The van der Waals surface area contributed by atoms with Crippen LogP contribution in [0, 0.1) is 0 Å². The van der Waals surface area contributed by atoms with Gasteiger partial charge >= 0.3 is 0 Å². The topological polar surface area (TPSA) is 15.3 Å². The predicted octanol–water partition coefficient (Wildman–Crippen LogP) is 4.49. The molecule has 0 aliphatic rings. The van der Waals surface area contributed by atoms with E-state index in [1.807, 2.05) is 12.1 Å². The van der Waals surface area contributed by atoms with E-state index in [0.717, 1.165) is 41.2 Å². The van der Waals surface area contributed by atoms with Crippen molar-refractivity contribution < 1.29 is 0 Å². The standard InChI is InChI=1S/C15H24BrClN2/c1-4-19(5-2)10-6-9-18-12(3)14-8-7-13(16)11-15(14)17/h7-8,11-12,18H,4-6,9-10H2,1-3H3. The van der Waals surface area contributed by atoms with Crippen LogP contribution in [0.4, 0.5) is 0 Å². The number of benzene rings is 1. The average Bonchev–Trinajstić information content (AvgIpc) is 2.38. The Balaban J connectivity index is 2.37. The van der Waals surface area contributed by atoms with Crippen LogP contribution in [-0.4, -0.2) is 31.1 Å². The summed E-state index contributed by atoms with van der Waals surface area (Å²) in [5, 5.41) is 4.35. The molecule has 0 spiro atoms. The third-order valence-electron chi connectivity index (χ3n) is 3.43. The van der Waals surface area contributed by atoms with Crippen molar-refractivity contribution in [2.45, 2.75) is 33.2 Å². The number of rotatable bonds is 8. The molecule has 0 heterocycles. The molecule has 1 aromatic carbocycles. The van der Waals surface area contributed by atoms with Crippen LogP contribution in [0.3, 0.4) is 0 Å². The van der Waals surface area contributed by atoms with E-state index in [2.05, 4.69) is 53.0 Å². The lowest BCUT2D eigenvalue weighted by molar-refractivity contribution is 0.296. The van der Waals surface area contributed by atoms with Gasteiger partial charge in [0.25, 0.3) is 0 Å². The molecular formula is C15H24BrClN2. The van der Waals surface area contributed by atoms with Crippen molar-refractivity contribution >= 4 is 27.5 Å². The smallest absolute Gasteiger partial charge is 0.0464 e. The largest absolute Gasteiger partial charge is 0.310 e. The molecule has 1 unspecified atom stereocenters. The first-order valence-electron chi connectivity index (χ1n) is 6.99. The van der Waals surface area contributed by atoms with E-state index >= 15 is 0 Å². The lowest BCUT2D eigenvalue weighted by Gasteiger charge is -2.20. The molecule has 2 nitrogen and oxygen atoms in total. The van der Waals surface area contributed by atoms with E-state index in [9.17, 15) is 0 Å². The van der Waals surface area contributed by atoms with Gasteiger partial charge in [-0.25, -0.2) is 0 Å².